The molecule has 2 aliphatic carbocycles. The van der Waals surface area contributed by atoms with Crippen LogP contribution in [0.2, 0.25) is 0 Å². The maximum absolute atomic E-state index is 11.9. The highest BCUT2D eigenvalue weighted by Gasteiger charge is 2.54. The summed E-state index contributed by atoms with van der Waals surface area (Å²) in [6, 6.07) is 8.74. The molecule has 0 saturated heterocycles. The topological polar surface area (TPSA) is 32.9 Å². The van der Waals surface area contributed by atoms with Crippen LogP contribution >= 0.6 is 39.0 Å². The maximum Gasteiger partial charge on any atom is 0.305 e. The van der Waals surface area contributed by atoms with Crippen LogP contribution in [0.5, 0.6) is 0 Å². The third kappa shape index (κ3) is 1.95. The largest absolute Gasteiger partial charge is 0.307 e. The number of fused-ring (bicyclic) bond motifs is 6. The summed E-state index contributed by atoms with van der Waals surface area (Å²) in [5.41, 5.74) is 1.38. The number of thioether (sulfide) groups is 1. The number of rotatable bonds is 1. The second-order valence-corrected chi connectivity index (χ2v) is 9.85. The second-order valence-electron chi connectivity index (χ2n) is 6.73. The van der Waals surface area contributed by atoms with Crippen molar-refractivity contribution in [3.05, 3.63) is 48.8 Å². The van der Waals surface area contributed by atoms with Crippen molar-refractivity contribution in [1.82, 2.24) is 4.98 Å². The van der Waals surface area contributed by atoms with Crippen molar-refractivity contribution in [2.45, 2.75) is 35.5 Å². The van der Waals surface area contributed by atoms with E-state index in [1.165, 1.54) is 41.0 Å². The van der Waals surface area contributed by atoms with Crippen LogP contribution in [0.15, 0.2) is 38.6 Å². The lowest BCUT2D eigenvalue weighted by molar-refractivity contribution is 0.307. The zero-order chi connectivity index (χ0) is 14.8. The molecule has 0 amide bonds. The van der Waals surface area contributed by atoms with Gasteiger partial charge in [0.2, 0.25) is 0 Å². The summed E-state index contributed by atoms with van der Waals surface area (Å²) in [4.78, 5) is 16.4. The minimum Gasteiger partial charge on any atom is -0.307 e. The van der Waals surface area contributed by atoms with Gasteiger partial charge in [0.1, 0.15) is 0 Å². The van der Waals surface area contributed by atoms with Gasteiger partial charge in [0.15, 0.2) is 0 Å². The quantitative estimate of drug-likeness (QED) is 0.750. The minimum absolute atomic E-state index is 0.104. The summed E-state index contributed by atoms with van der Waals surface area (Å²) in [7, 11) is 0. The molecule has 3 aliphatic rings. The van der Waals surface area contributed by atoms with E-state index in [0.29, 0.717) is 17.1 Å². The van der Waals surface area contributed by atoms with E-state index in [1.54, 1.807) is 0 Å². The van der Waals surface area contributed by atoms with Crippen molar-refractivity contribution >= 4 is 39.0 Å². The lowest BCUT2D eigenvalue weighted by atomic mass is 9.75. The van der Waals surface area contributed by atoms with E-state index in [4.69, 9.17) is 0 Å². The molecule has 0 spiro atoms. The van der Waals surface area contributed by atoms with Crippen LogP contribution in [0.25, 0.3) is 0 Å². The van der Waals surface area contributed by atoms with Crippen LogP contribution in [0.1, 0.15) is 35.6 Å². The molecule has 1 aromatic heterocycles. The molecule has 0 radical (unpaired) electrons. The number of benzene rings is 1. The van der Waals surface area contributed by atoms with E-state index in [2.05, 4.69) is 45.2 Å². The molecule has 5 heteroatoms. The number of halogens is 1. The molecule has 2 fully saturated rings. The molecule has 5 atom stereocenters. The molecule has 2 saturated carbocycles. The van der Waals surface area contributed by atoms with Crippen LogP contribution in [0.3, 0.4) is 0 Å². The second kappa shape index (κ2) is 4.99. The van der Waals surface area contributed by atoms with Crippen LogP contribution < -0.4 is 4.87 Å². The van der Waals surface area contributed by atoms with E-state index < -0.39 is 0 Å². The Hall–Kier alpha value is -0.520. The SMILES string of the molecule is O=c1[nH]c2c(s1)[C@H](c1ccc(Br)cc1)[C@H]1[C@@H]3CC[C@H](C3)[C@@H]1S2. The molecule has 2 nitrogen and oxygen atoms in total. The van der Waals surface area contributed by atoms with Gasteiger partial charge in [-0.2, -0.15) is 0 Å². The summed E-state index contributed by atoms with van der Waals surface area (Å²) in [6.45, 7) is 0. The summed E-state index contributed by atoms with van der Waals surface area (Å²) in [6.07, 6.45) is 4.16. The van der Waals surface area contributed by atoms with Gasteiger partial charge in [-0.3, -0.25) is 4.79 Å². The Labute approximate surface area is 145 Å². The van der Waals surface area contributed by atoms with Crippen molar-refractivity contribution in [2.75, 3.05) is 0 Å². The molecule has 1 aliphatic heterocycles. The zero-order valence-electron chi connectivity index (χ0n) is 11.9. The molecule has 22 heavy (non-hydrogen) atoms. The van der Waals surface area contributed by atoms with Crippen LogP contribution in [-0.2, 0) is 0 Å². The maximum atomic E-state index is 11.9. The van der Waals surface area contributed by atoms with Gasteiger partial charge in [-0.1, -0.05) is 39.4 Å². The Bertz CT molecular complexity index is 781. The molecule has 1 aromatic carbocycles. The molecule has 2 aromatic rings. The highest BCUT2D eigenvalue weighted by molar-refractivity contribution is 9.10. The fourth-order valence-electron chi connectivity index (χ4n) is 4.89. The minimum atomic E-state index is 0.104. The van der Waals surface area contributed by atoms with Gasteiger partial charge >= 0.3 is 4.87 Å². The third-order valence-electron chi connectivity index (χ3n) is 5.69. The van der Waals surface area contributed by atoms with Gasteiger partial charge in [0.25, 0.3) is 0 Å². The zero-order valence-corrected chi connectivity index (χ0v) is 15.1. The van der Waals surface area contributed by atoms with Crippen molar-refractivity contribution in [2.24, 2.45) is 17.8 Å². The Morgan fingerprint density at radius 1 is 1.14 bits per heavy atom. The van der Waals surface area contributed by atoms with E-state index in [1.807, 2.05) is 11.8 Å². The van der Waals surface area contributed by atoms with Gasteiger partial charge < -0.3 is 4.98 Å². The smallest absolute Gasteiger partial charge is 0.305 e. The summed E-state index contributed by atoms with van der Waals surface area (Å²) in [5, 5.41) is 1.85. The first-order valence-corrected chi connectivity index (χ1v) is 10.3. The lowest BCUT2D eigenvalue weighted by Crippen LogP contribution is -2.33. The molecular formula is C17H16BrNOS2. The lowest BCUT2D eigenvalue weighted by Gasteiger charge is -2.40. The molecule has 2 heterocycles. The number of H-pyrrole nitrogens is 1. The third-order valence-corrected chi connectivity index (χ3v) is 8.85. The van der Waals surface area contributed by atoms with Crippen LogP contribution in [0.4, 0.5) is 0 Å². The van der Waals surface area contributed by atoms with Gasteiger partial charge in [-0.25, -0.2) is 0 Å². The first-order valence-electron chi connectivity index (χ1n) is 7.86. The first kappa shape index (κ1) is 13.9. The molecule has 2 bridgehead atoms. The van der Waals surface area contributed by atoms with Gasteiger partial charge in [-0.15, -0.1) is 11.8 Å². The van der Waals surface area contributed by atoms with E-state index >= 15 is 0 Å². The van der Waals surface area contributed by atoms with E-state index in [0.717, 1.165) is 21.3 Å². The number of thiazole rings is 1. The number of hydrogen-bond donors (Lipinski definition) is 1. The monoisotopic (exact) mass is 393 g/mol. The predicted molar refractivity (Wildman–Crippen MR) is 94.9 cm³/mol. The van der Waals surface area contributed by atoms with Crippen molar-refractivity contribution in [1.29, 1.82) is 0 Å². The fourth-order valence-corrected chi connectivity index (χ4v) is 8.05. The Balaban J connectivity index is 1.68. The Morgan fingerprint density at radius 2 is 1.91 bits per heavy atom. The number of hydrogen-bond acceptors (Lipinski definition) is 3. The summed E-state index contributed by atoms with van der Waals surface area (Å²) < 4.78 is 1.12. The highest BCUT2D eigenvalue weighted by Crippen LogP contribution is 2.63. The van der Waals surface area contributed by atoms with Gasteiger partial charge in [-0.05, 0) is 54.7 Å². The van der Waals surface area contributed by atoms with Gasteiger partial charge in [0, 0.05) is 20.5 Å². The van der Waals surface area contributed by atoms with E-state index in [9.17, 15) is 4.79 Å². The predicted octanol–water partition coefficient (Wildman–Crippen LogP) is 4.85. The Kier molecular flexibility index (Phi) is 3.15. The molecule has 1 N–H and O–H groups in total. The van der Waals surface area contributed by atoms with Crippen LogP contribution in [-0.4, -0.2) is 10.2 Å². The van der Waals surface area contributed by atoms with Crippen LogP contribution in [0, 0.1) is 17.8 Å². The molecular weight excluding hydrogens is 378 g/mol. The van der Waals surface area contributed by atoms with Crippen molar-refractivity contribution in [3.8, 4) is 0 Å². The average Bonchev–Trinajstić information content (AvgIpc) is 3.19. The number of aromatic nitrogens is 1. The number of nitrogens with one attached hydrogen (secondary N) is 1. The average molecular weight is 394 g/mol. The molecule has 0 unspecified atom stereocenters. The Morgan fingerprint density at radius 3 is 2.73 bits per heavy atom. The van der Waals surface area contributed by atoms with E-state index in [-0.39, 0.29) is 4.87 Å². The summed E-state index contributed by atoms with van der Waals surface area (Å²) in [5.74, 6) is 2.83. The molecule has 5 rings (SSSR count). The molecule has 114 valence electrons. The van der Waals surface area contributed by atoms with Crippen molar-refractivity contribution in [3.63, 3.8) is 0 Å². The number of aromatic amines is 1. The van der Waals surface area contributed by atoms with Gasteiger partial charge in [0.05, 0.1) is 5.03 Å². The fraction of sp³-hybridized carbons (Fsp3) is 0.471. The highest BCUT2D eigenvalue weighted by atomic mass is 79.9. The normalized spacial score (nSPS) is 35.4. The first-order chi connectivity index (χ1) is 10.7. The standard InChI is InChI=1S/C17H16BrNOS2/c18-11-5-3-8(4-6-11)12-13-9-1-2-10(7-9)14(13)21-16-15(12)22-17(20)19-16/h3-6,9-10,12-14H,1-2,7H2,(H,19,20)/t9-,10-,12-,13-,14+/m1/s1. The van der Waals surface area contributed by atoms with Crippen molar-refractivity contribution < 1.29 is 0 Å². The summed E-state index contributed by atoms with van der Waals surface area (Å²) >= 11 is 6.93.